The first-order chi connectivity index (χ1) is 13.8. The Morgan fingerprint density at radius 1 is 1.28 bits per heavy atom. The van der Waals surface area contributed by atoms with Gasteiger partial charge in [-0.15, -0.1) is 0 Å². The van der Waals surface area contributed by atoms with Crippen LogP contribution in [0.5, 0.6) is 0 Å². The summed E-state index contributed by atoms with van der Waals surface area (Å²) in [5, 5.41) is 11.5. The summed E-state index contributed by atoms with van der Waals surface area (Å²) in [6.45, 7) is 6.95. The fraction of sp³-hybridized carbons (Fsp3) is 0.650. The van der Waals surface area contributed by atoms with Gasteiger partial charge in [0.2, 0.25) is 0 Å². The molecule has 2 aromatic heterocycles. The normalized spacial score (nSPS) is 22.8. The van der Waals surface area contributed by atoms with Crippen LogP contribution in [0.2, 0.25) is 0 Å². The van der Waals surface area contributed by atoms with Crippen LogP contribution in [0.25, 0.3) is 0 Å². The van der Waals surface area contributed by atoms with Crippen LogP contribution in [0.3, 0.4) is 0 Å². The van der Waals surface area contributed by atoms with Gasteiger partial charge >= 0.3 is 0 Å². The maximum absolute atomic E-state index is 13.6. The van der Waals surface area contributed by atoms with E-state index in [1.165, 1.54) is 4.68 Å². The monoisotopic (exact) mass is 407 g/mol. The summed E-state index contributed by atoms with van der Waals surface area (Å²) in [6.07, 6.45) is -0.588. The molecule has 0 radical (unpaired) electrons. The van der Waals surface area contributed by atoms with Gasteiger partial charge in [-0.25, -0.2) is 13.5 Å². The number of anilines is 1. The predicted octanol–water partition coefficient (Wildman–Crippen LogP) is 3.85. The summed E-state index contributed by atoms with van der Waals surface area (Å²) < 4.78 is 33.9. The summed E-state index contributed by atoms with van der Waals surface area (Å²) >= 11 is 0. The molecule has 1 amide bonds. The highest BCUT2D eigenvalue weighted by molar-refractivity contribution is 5.92. The minimum atomic E-state index is -2.46. The van der Waals surface area contributed by atoms with E-state index < -0.39 is 12.5 Å². The van der Waals surface area contributed by atoms with E-state index in [-0.39, 0.29) is 23.8 Å². The Bertz CT molecular complexity index is 870. The van der Waals surface area contributed by atoms with Crippen LogP contribution in [-0.2, 0) is 0 Å². The molecule has 0 aliphatic carbocycles. The number of nitrogens with one attached hydrogen (secondary N) is 1. The number of rotatable bonds is 4. The van der Waals surface area contributed by atoms with Gasteiger partial charge in [-0.3, -0.25) is 4.79 Å². The number of halogens is 2. The van der Waals surface area contributed by atoms with Gasteiger partial charge in [0, 0.05) is 37.2 Å². The fourth-order valence-corrected chi connectivity index (χ4v) is 4.34. The van der Waals surface area contributed by atoms with Gasteiger partial charge < -0.3 is 14.7 Å². The molecule has 2 aliphatic heterocycles. The van der Waals surface area contributed by atoms with Crippen LogP contribution < -0.4 is 5.32 Å². The molecular formula is C20H27F2N5O2. The van der Waals surface area contributed by atoms with Crippen LogP contribution in [0.1, 0.15) is 67.0 Å². The van der Waals surface area contributed by atoms with Gasteiger partial charge in [0.25, 0.3) is 12.3 Å². The molecule has 0 aromatic carbocycles. The first kappa shape index (κ1) is 19.8. The summed E-state index contributed by atoms with van der Waals surface area (Å²) in [7, 11) is 0. The Hall–Kier alpha value is -2.45. The molecule has 7 nitrogen and oxygen atoms in total. The Labute approximate surface area is 168 Å². The number of fused-ring (bicyclic) bond motifs is 1. The standard InChI is InChI=1S/C20H27F2N5O2/c1-11(2)17-10-15(25-29-17)20(28)26-6-4-13(5-7-26)14-9-16(19(21)22)27-18(23-14)8-12(3)24-27/h8,10-11,13-14,16,19,23H,4-7,9H2,1-3H3/t14-,16+/m0/s1. The first-order valence-electron chi connectivity index (χ1n) is 10.2. The van der Waals surface area contributed by atoms with Crippen molar-refractivity contribution in [1.29, 1.82) is 0 Å². The van der Waals surface area contributed by atoms with Gasteiger partial charge in [-0.1, -0.05) is 19.0 Å². The largest absolute Gasteiger partial charge is 0.367 e. The summed E-state index contributed by atoms with van der Waals surface area (Å²) in [6, 6.07) is 2.57. The zero-order valence-corrected chi connectivity index (χ0v) is 16.9. The van der Waals surface area contributed by atoms with E-state index in [2.05, 4.69) is 15.6 Å². The van der Waals surface area contributed by atoms with E-state index >= 15 is 0 Å². The Morgan fingerprint density at radius 2 is 2.00 bits per heavy atom. The molecular weight excluding hydrogens is 380 g/mol. The molecule has 1 saturated heterocycles. The molecule has 0 spiro atoms. The first-order valence-corrected chi connectivity index (χ1v) is 10.2. The third-order valence-electron chi connectivity index (χ3n) is 6.00. The molecule has 4 rings (SSSR count). The van der Waals surface area contributed by atoms with Gasteiger partial charge in [-0.2, -0.15) is 5.10 Å². The number of likely N-dealkylation sites (tertiary alicyclic amines) is 1. The van der Waals surface area contributed by atoms with Crippen molar-refractivity contribution in [1.82, 2.24) is 19.8 Å². The molecule has 4 heterocycles. The van der Waals surface area contributed by atoms with Gasteiger partial charge in [0.15, 0.2) is 5.69 Å². The minimum Gasteiger partial charge on any atom is -0.367 e. The molecule has 0 bridgehead atoms. The number of carbonyl (C=O) groups is 1. The predicted molar refractivity (Wildman–Crippen MR) is 103 cm³/mol. The van der Waals surface area contributed by atoms with E-state index in [1.807, 2.05) is 26.8 Å². The van der Waals surface area contributed by atoms with Crippen molar-refractivity contribution in [3.63, 3.8) is 0 Å². The van der Waals surface area contributed by atoms with E-state index in [0.717, 1.165) is 18.5 Å². The number of amides is 1. The van der Waals surface area contributed by atoms with E-state index in [4.69, 9.17) is 4.52 Å². The number of alkyl halides is 2. The molecule has 1 N–H and O–H groups in total. The average molecular weight is 407 g/mol. The Morgan fingerprint density at radius 3 is 2.62 bits per heavy atom. The maximum atomic E-state index is 13.6. The fourth-order valence-electron chi connectivity index (χ4n) is 4.34. The van der Waals surface area contributed by atoms with Crippen molar-refractivity contribution in [2.24, 2.45) is 5.92 Å². The van der Waals surface area contributed by atoms with Crippen LogP contribution in [-0.4, -0.2) is 51.3 Å². The van der Waals surface area contributed by atoms with E-state index in [1.54, 1.807) is 11.0 Å². The number of aryl methyl sites for hydroxylation is 1. The molecule has 2 atom stereocenters. The van der Waals surface area contributed by atoms with Gasteiger partial charge in [-0.05, 0) is 32.1 Å². The van der Waals surface area contributed by atoms with Crippen LogP contribution in [0.15, 0.2) is 16.7 Å². The van der Waals surface area contributed by atoms with Crippen molar-refractivity contribution < 1.29 is 18.1 Å². The number of hydrogen-bond donors (Lipinski definition) is 1. The van der Waals surface area contributed by atoms with E-state index in [0.29, 0.717) is 36.8 Å². The van der Waals surface area contributed by atoms with Crippen molar-refractivity contribution >= 4 is 11.7 Å². The van der Waals surface area contributed by atoms with Crippen LogP contribution in [0, 0.1) is 12.8 Å². The second kappa shape index (κ2) is 7.76. The van der Waals surface area contributed by atoms with Crippen molar-refractivity contribution in [2.45, 2.75) is 64.5 Å². The van der Waals surface area contributed by atoms with Crippen molar-refractivity contribution in [2.75, 3.05) is 18.4 Å². The topological polar surface area (TPSA) is 76.2 Å². The molecule has 2 aliphatic rings. The lowest BCUT2D eigenvalue weighted by Crippen LogP contribution is -2.46. The third-order valence-corrected chi connectivity index (χ3v) is 6.00. The number of hydrogen-bond acceptors (Lipinski definition) is 5. The second-order valence-corrected chi connectivity index (χ2v) is 8.40. The van der Waals surface area contributed by atoms with Crippen LogP contribution in [0.4, 0.5) is 14.6 Å². The smallest absolute Gasteiger partial charge is 0.276 e. The zero-order valence-electron chi connectivity index (χ0n) is 16.9. The Kier molecular flexibility index (Phi) is 5.31. The number of carbonyl (C=O) groups excluding carboxylic acids is 1. The van der Waals surface area contributed by atoms with Gasteiger partial charge in [0.1, 0.15) is 17.6 Å². The van der Waals surface area contributed by atoms with Crippen molar-refractivity contribution in [3.05, 3.63) is 29.3 Å². The summed E-state index contributed by atoms with van der Waals surface area (Å²) in [5.41, 5.74) is 1.06. The lowest BCUT2D eigenvalue weighted by Gasteiger charge is -2.40. The van der Waals surface area contributed by atoms with Crippen LogP contribution >= 0.6 is 0 Å². The molecule has 158 valence electrons. The highest BCUT2D eigenvalue weighted by atomic mass is 19.3. The lowest BCUT2D eigenvalue weighted by molar-refractivity contribution is 0.0535. The number of nitrogens with zero attached hydrogens (tertiary/aromatic N) is 4. The maximum Gasteiger partial charge on any atom is 0.276 e. The number of piperidine rings is 1. The second-order valence-electron chi connectivity index (χ2n) is 8.40. The number of aromatic nitrogens is 3. The van der Waals surface area contributed by atoms with E-state index in [9.17, 15) is 13.6 Å². The zero-order chi connectivity index (χ0) is 20.7. The summed E-state index contributed by atoms with van der Waals surface area (Å²) in [4.78, 5) is 14.5. The lowest BCUT2D eigenvalue weighted by atomic mass is 9.85. The highest BCUT2D eigenvalue weighted by Gasteiger charge is 2.38. The molecule has 1 fully saturated rings. The molecule has 29 heavy (non-hydrogen) atoms. The minimum absolute atomic E-state index is 0.0468. The average Bonchev–Trinajstić information content (AvgIpc) is 3.32. The molecule has 9 heteroatoms. The molecule has 0 unspecified atom stereocenters. The molecule has 0 saturated carbocycles. The molecule has 2 aromatic rings. The Balaban J connectivity index is 1.40. The van der Waals surface area contributed by atoms with Crippen molar-refractivity contribution in [3.8, 4) is 0 Å². The SMILES string of the molecule is Cc1cc2n(n1)[C@@H](C(F)F)C[C@@H](C1CCN(C(=O)c3cc(C(C)C)on3)CC1)N2. The van der Waals surface area contributed by atoms with Gasteiger partial charge in [0.05, 0.1) is 5.69 Å². The quantitative estimate of drug-likeness (QED) is 0.833. The summed E-state index contributed by atoms with van der Waals surface area (Å²) in [5.74, 6) is 1.63. The third kappa shape index (κ3) is 3.86. The highest BCUT2D eigenvalue weighted by Crippen LogP contribution is 2.37.